The molecule has 8 nitrogen and oxygen atoms in total. The number of anilines is 1. The Kier molecular flexibility index (Phi) is 6.02. The van der Waals surface area contributed by atoms with E-state index in [1.807, 2.05) is 35.2 Å². The van der Waals surface area contributed by atoms with Gasteiger partial charge in [-0.05, 0) is 32.0 Å². The van der Waals surface area contributed by atoms with Crippen LogP contribution < -0.4 is 10.2 Å². The minimum Gasteiger partial charge on any atom is -0.384 e. The number of hydrogen-bond donors (Lipinski definition) is 2. The van der Waals surface area contributed by atoms with Crippen LogP contribution in [0.3, 0.4) is 0 Å². The van der Waals surface area contributed by atoms with Crippen LogP contribution in [0.25, 0.3) is 0 Å². The van der Waals surface area contributed by atoms with E-state index in [-0.39, 0.29) is 17.5 Å². The van der Waals surface area contributed by atoms with Gasteiger partial charge in [-0.1, -0.05) is 36.0 Å². The van der Waals surface area contributed by atoms with Crippen molar-refractivity contribution in [3.05, 3.63) is 83.7 Å². The summed E-state index contributed by atoms with van der Waals surface area (Å²) in [6, 6.07) is 12.9. The molecule has 0 radical (unpaired) electrons. The number of benzene rings is 1. The number of amides is 1. The third kappa shape index (κ3) is 4.51. The normalized spacial score (nSPS) is 21.9. The number of nitrogens with one attached hydrogen (secondary N) is 1. The number of hydrogen-bond acceptors (Lipinski definition) is 8. The molecular weight excluding hydrogens is 467 g/mol. The molecule has 1 unspecified atom stereocenters. The van der Waals surface area contributed by atoms with Crippen molar-refractivity contribution in [2.75, 3.05) is 23.7 Å². The Hall–Kier alpha value is -3.37. The summed E-state index contributed by atoms with van der Waals surface area (Å²) in [6.07, 6.45) is 4.60. The van der Waals surface area contributed by atoms with E-state index in [1.165, 1.54) is 25.6 Å². The Morgan fingerprint density at radius 1 is 1.23 bits per heavy atom. The summed E-state index contributed by atoms with van der Waals surface area (Å²) in [7, 11) is 0. The number of nitrogens with zero attached hydrogens (tertiary/aromatic N) is 5. The molecule has 5 rings (SSSR count). The van der Waals surface area contributed by atoms with Crippen LogP contribution in [0.4, 0.5) is 10.3 Å². The maximum Gasteiger partial charge on any atom is 0.257 e. The van der Waals surface area contributed by atoms with Gasteiger partial charge in [0.15, 0.2) is 11.0 Å². The largest absolute Gasteiger partial charge is 0.384 e. The van der Waals surface area contributed by atoms with Crippen molar-refractivity contribution in [3.63, 3.8) is 0 Å². The third-order valence-electron chi connectivity index (χ3n) is 6.28. The van der Waals surface area contributed by atoms with Gasteiger partial charge in [-0.2, -0.15) is 0 Å². The number of pyridine rings is 1. The number of halogens is 1. The van der Waals surface area contributed by atoms with Gasteiger partial charge in [-0.15, -0.1) is 0 Å². The van der Waals surface area contributed by atoms with E-state index in [9.17, 15) is 14.3 Å². The number of carbonyl (C=O) groups is 1. The highest BCUT2D eigenvalue weighted by Crippen LogP contribution is 2.46. The van der Waals surface area contributed by atoms with Crippen LogP contribution in [-0.4, -0.2) is 50.0 Å². The van der Waals surface area contributed by atoms with E-state index in [4.69, 9.17) is 4.99 Å². The van der Waals surface area contributed by atoms with Crippen molar-refractivity contribution >= 4 is 28.8 Å². The van der Waals surface area contributed by atoms with Gasteiger partial charge in [0.1, 0.15) is 16.8 Å². The highest BCUT2D eigenvalue weighted by atomic mass is 32.2. The summed E-state index contributed by atoms with van der Waals surface area (Å²) in [6.45, 7) is 3.99. The number of thioether (sulfide) groups is 1. The Bertz CT molecular complexity index is 1270. The second kappa shape index (κ2) is 9.01. The molecule has 2 aromatic heterocycles. The van der Waals surface area contributed by atoms with Crippen LogP contribution in [-0.2, 0) is 11.1 Å². The van der Waals surface area contributed by atoms with Crippen LogP contribution >= 0.6 is 11.8 Å². The lowest BCUT2D eigenvalue weighted by molar-refractivity contribution is 0.0693. The maximum absolute atomic E-state index is 14.3. The van der Waals surface area contributed by atoms with Gasteiger partial charge >= 0.3 is 0 Å². The summed E-state index contributed by atoms with van der Waals surface area (Å²) < 4.78 is 14.3. The van der Waals surface area contributed by atoms with Crippen LogP contribution in [0.2, 0.25) is 0 Å². The molecular formula is C25H25FN6O2S. The summed E-state index contributed by atoms with van der Waals surface area (Å²) in [5, 5.41) is 13.9. The van der Waals surface area contributed by atoms with Crippen molar-refractivity contribution in [2.45, 2.75) is 25.0 Å². The number of aromatic nitrogens is 3. The van der Waals surface area contributed by atoms with E-state index < -0.39 is 17.0 Å². The molecule has 180 valence electrons. The zero-order valence-corrected chi connectivity index (χ0v) is 20.2. The predicted octanol–water partition coefficient (Wildman–Crippen LogP) is 3.10. The molecule has 1 amide bonds. The Labute approximate surface area is 206 Å². The van der Waals surface area contributed by atoms with Gasteiger partial charge in [0.05, 0.1) is 12.7 Å². The number of rotatable bonds is 4. The fourth-order valence-electron chi connectivity index (χ4n) is 4.54. The lowest BCUT2D eigenvalue weighted by Gasteiger charge is -2.35. The summed E-state index contributed by atoms with van der Waals surface area (Å²) in [5.74, 6) is 0.242. The molecule has 10 heteroatoms. The van der Waals surface area contributed by atoms with Crippen LogP contribution in [0.5, 0.6) is 0 Å². The first-order chi connectivity index (χ1) is 16.8. The molecule has 0 spiro atoms. The van der Waals surface area contributed by atoms with Crippen LogP contribution in [0.1, 0.15) is 35.5 Å². The monoisotopic (exact) mass is 492 g/mol. The van der Waals surface area contributed by atoms with Crippen LogP contribution in [0.15, 0.2) is 66.0 Å². The highest BCUT2D eigenvalue weighted by molar-refractivity contribution is 8.13. The second-order valence-corrected chi connectivity index (χ2v) is 10.2. The number of carbonyl (C=O) groups excluding carboxylic acids is 1. The topological polar surface area (TPSA) is 104 Å². The summed E-state index contributed by atoms with van der Waals surface area (Å²) >= 11 is 1.49. The smallest absolute Gasteiger partial charge is 0.257 e. The SMILES string of the molecule is CC(C)(O)c1nc(N2C[C@H]3CSC(NC(=O)c4ccccc4)=NC3(c3cccnc3)C2)ncc1F. The number of fused-ring (bicyclic) bond motifs is 1. The van der Waals surface area contributed by atoms with Gasteiger partial charge < -0.3 is 15.3 Å². The number of aliphatic imine (C=N–C) groups is 1. The molecule has 1 saturated heterocycles. The standard InChI is InChI=1S/C25H25FN6O2S/c1-24(2,34)20-19(26)12-28-22(29-20)32-13-18-14-35-23(30-21(33)16-7-4-3-5-8-16)31-25(18,15-32)17-9-6-10-27-11-17/h3-12,18,34H,13-15H2,1-2H3,(H,30,31,33)/t18-,25?/m0/s1. The molecule has 2 N–H and O–H groups in total. The maximum atomic E-state index is 14.3. The molecule has 2 aliphatic heterocycles. The van der Waals surface area contributed by atoms with Gasteiger partial charge in [-0.25, -0.2) is 19.4 Å². The van der Waals surface area contributed by atoms with E-state index in [1.54, 1.807) is 24.5 Å². The summed E-state index contributed by atoms with van der Waals surface area (Å²) in [4.78, 5) is 32.7. The van der Waals surface area contributed by atoms with Gasteiger partial charge in [0, 0.05) is 41.7 Å². The van der Waals surface area contributed by atoms with Gasteiger partial charge in [0.25, 0.3) is 5.91 Å². The molecule has 35 heavy (non-hydrogen) atoms. The first-order valence-corrected chi connectivity index (χ1v) is 12.2. The highest BCUT2D eigenvalue weighted by Gasteiger charge is 2.51. The lowest BCUT2D eigenvalue weighted by atomic mass is 9.83. The van der Waals surface area contributed by atoms with Crippen molar-refractivity contribution in [3.8, 4) is 0 Å². The van der Waals surface area contributed by atoms with Gasteiger partial charge in [0.2, 0.25) is 5.95 Å². The number of amidine groups is 1. The van der Waals surface area contributed by atoms with E-state index in [0.717, 1.165) is 11.8 Å². The first-order valence-electron chi connectivity index (χ1n) is 11.3. The molecule has 0 aliphatic carbocycles. The van der Waals surface area contributed by atoms with Gasteiger partial charge in [-0.3, -0.25) is 9.78 Å². The summed E-state index contributed by atoms with van der Waals surface area (Å²) in [5.41, 5.74) is -0.713. The van der Waals surface area contributed by atoms with E-state index in [0.29, 0.717) is 35.5 Å². The average molecular weight is 493 g/mol. The molecule has 3 aromatic rings. The molecule has 4 heterocycles. The number of aliphatic hydroxyl groups is 1. The minimum atomic E-state index is -1.45. The Balaban J connectivity index is 1.50. The predicted molar refractivity (Wildman–Crippen MR) is 133 cm³/mol. The van der Waals surface area contributed by atoms with E-state index in [2.05, 4.69) is 20.3 Å². The minimum absolute atomic E-state index is 0.0542. The fraction of sp³-hybridized carbons (Fsp3) is 0.320. The lowest BCUT2D eigenvalue weighted by Crippen LogP contribution is -2.42. The second-order valence-electron chi connectivity index (χ2n) is 9.22. The molecule has 1 aromatic carbocycles. The molecule has 0 bridgehead atoms. The van der Waals surface area contributed by atoms with Crippen LogP contribution in [0, 0.1) is 11.7 Å². The molecule has 0 saturated carbocycles. The first kappa shape index (κ1) is 23.4. The molecule has 2 aliphatic rings. The van der Waals surface area contributed by atoms with E-state index >= 15 is 0 Å². The fourth-order valence-corrected chi connectivity index (χ4v) is 5.67. The Morgan fingerprint density at radius 2 is 2.03 bits per heavy atom. The molecule has 1 fully saturated rings. The average Bonchev–Trinajstić information content (AvgIpc) is 3.25. The zero-order chi connectivity index (χ0) is 24.6. The van der Waals surface area contributed by atoms with Crippen molar-refractivity contribution in [2.24, 2.45) is 10.9 Å². The van der Waals surface area contributed by atoms with Crippen molar-refractivity contribution in [1.82, 2.24) is 20.3 Å². The zero-order valence-electron chi connectivity index (χ0n) is 19.3. The third-order valence-corrected chi connectivity index (χ3v) is 7.32. The molecule has 2 atom stereocenters. The van der Waals surface area contributed by atoms with Crippen molar-refractivity contribution < 1.29 is 14.3 Å². The Morgan fingerprint density at radius 3 is 2.74 bits per heavy atom. The van der Waals surface area contributed by atoms with Crippen molar-refractivity contribution in [1.29, 1.82) is 0 Å². The quantitative estimate of drug-likeness (QED) is 0.577.